The van der Waals surface area contributed by atoms with Crippen LogP contribution >= 0.6 is 0 Å². The Morgan fingerprint density at radius 3 is 2.12 bits per heavy atom. The highest BCUT2D eigenvalue weighted by Gasteiger charge is 2.31. The van der Waals surface area contributed by atoms with E-state index in [4.69, 9.17) is 4.74 Å². The third kappa shape index (κ3) is 7.18. The molecule has 1 aliphatic heterocycles. The monoisotopic (exact) mass is 462 g/mol. The van der Waals surface area contributed by atoms with Crippen LogP contribution in [0.4, 0.5) is 8.78 Å². The lowest BCUT2D eigenvalue weighted by atomic mass is 9.83. The molecule has 0 amide bonds. The van der Waals surface area contributed by atoms with Crippen LogP contribution in [0.15, 0.2) is 30.6 Å². The standard InChI is InChI=1S/C13H10FN5O2.C9H19N.CH3F/c1-21-11-3-2-9(17-18-11)12-10(20)4-7(5-15-12)8-6-16-19-13(8)14;1-8(2)6-5-7-9(3,4)10-8;1-2/h2-6,20H,1H3,(H,16,19);10H,5-7H2,1-4H3;1H3. The Labute approximate surface area is 192 Å². The zero-order chi connectivity index (χ0) is 24.6. The molecule has 0 radical (unpaired) electrons. The molecule has 3 N–H and O–H groups in total. The summed E-state index contributed by atoms with van der Waals surface area (Å²) in [5.74, 6) is -0.365. The van der Waals surface area contributed by atoms with Crippen molar-refractivity contribution in [1.82, 2.24) is 30.7 Å². The van der Waals surface area contributed by atoms with E-state index in [2.05, 4.69) is 58.4 Å². The minimum atomic E-state index is -0.590. The SMILES string of the molecule is CC1(C)CCCC(C)(C)N1.CF.COc1ccc(-c2ncc(-c3cn[nH]c3F)cc2O)nn1. The minimum absolute atomic E-state index is 0.132. The largest absolute Gasteiger partial charge is 0.506 e. The third-order valence-corrected chi connectivity index (χ3v) is 5.14. The first-order valence-electron chi connectivity index (χ1n) is 10.5. The topological polar surface area (TPSA) is 109 Å². The number of alkyl halides is 1. The summed E-state index contributed by atoms with van der Waals surface area (Å²) in [5, 5.41) is 27.1. The maximum absolute atomic E-state index is 13.4. The molecule has 0 aliphatic carbocycles. The number of aromatic hydroxyl groups is 1. The molecule has 4 heterocycles. The van der Waals surface area contributed by atoms with Crippen LogP contribution in [-0.2, 0) is 0 Å². The molecule has 3 aromatic rings. The number of piperidine rings is 1. The molecule has 0 spiro atoms. The molecular formula is C23H32F2N6O2. The van der Waals surface area contributed by atoms with E-state index < -0.39 is 5.95 Å². The van der Waals surface area contributed by atoms with Crippen molar-refractivity contribution in [3.05, 3.63) is 36.5 Å². The predicted molar refractivity (Wildman–Crippen MR) is 123 cm³/mol. The summed E-state index contributed by atoms with van der Waals surface area (Å²) in [4.78, 5) is 4.10. The molecule has 10 heteroatoms. The van der Waals surface area contributed by atoms with E-state index in [1.165, 1.54) is 44.8 Å². The van der Waals surface area contributed by atoms with Crippen molar-refractivity contribution in [2.45, 2.75) is 58.0 Å². The number of rotatable bonds is 3. The fourth-order valence-electron chi connectivity index (χ4n) is 3.84. The maximum atomic E-state index is 13.4. The van der Waals surface area contributed by atoms with Crippen molar-refractivity contribution in [1.29, 1.82) is 0 Å². The molecule has 0 aromatic carbocycles. The molecule has 3 aromatic heterocycles. The Hall–Kier alpha value is -3.14. The van der Waals surface area contributed by atoms with Crippen molar-refractivity contribution in [2.75, 3.05) is 14.3 Å². The Bertz CT molecular complexity index is 1010. The molecule has 33 heavy (non-hydrogen) atoms. The van der Waals surface area contributed by atoms with Crippen LogP contribution in [0.2, 0.25) is 0 Å². The van der Waals surface area contributed by atoms with Crippen molar-refractivity contribution < 1.29 is 18.6 Å². The summed E-state index contributed by atoms with van der Waals surface area (Å²) in [7, 11) is 1.98. The zero-order valence-corrected chi connectivity index (χ0v) is 19.9. The van der Waals surface area contributed by atoms with Crippen molar-refractivity contribution in [3.63, 3.8) is 0 Å². The number of nitrogens with one attached hydrogen (secondary N) is 2. The van der Waals surface area contributed by atoms with Gasteiger partial charge in [0.1, 0.15) is 17.1 Å². The van der Waals surface area contributed by atoms with Crippen LogP contribution in [0.5, 0.6) is 11.6 Å². The van der Waals surface area contributed by atoms with Gasteiger partial charge < -0.3 is 15.2 Å². The van der Waals surface area contributed by atoms with Crippen molar-refractivity contribution >= 4 is 0 Å². The van der Waals surface area contributed by atoms with Crippen LogP contribution in [0.3, 0.4) is 0 Å². The van der Waals surface area contributed by atoms with Crippen LogP contribution in [0, 0.1) is 5.95 Å². The van der Waals surface area contributed by atoms with Gasteiger partial charge in [0, 0.05) is 28.9 Å². The number of aromatic nitrogens is 5. The number of H-pyrrole nitrogens is 1. The summed E-state index contributed by atoms with van der Waals surface area (Å²) in [6.45, 7) is 9.14. The molecule has 0 saturated carbocycles. The van der Waals surface area contributed by atoms with Gasteiger partial charge >= 0.3 is 0 Å². The van der Waals surface area contributed by atoms with Gasteiger partial charge in [-0.3, -0.25) is 9.49 Å². The van der Waals surface area contributed by atoms with E-state index >= 15 is 0 Å². The Morgan fingerprint density at radius 2 is 1.70 bits per heavy atom. The normalized spacial score (nSPS) is 16.0. The van der Waals surface area contributed by atoms with Gasteiger partial charge in [0.25, 0.3) is 0 Å². The Morgan fingerprint density at radius 1 is 1.03 bits per heavy atom. The number of hydrogen-bond donors (Lipinski definition) is 3. The van der Waals surface area contributed by atoms with Gasteiger partial charge in [-0.25, -0.2) is 4.98 Å². The smallest absolute Gasteiger partial charge is 0.233 e. The average Bonchev–Trinajstić information content (AvgIpc) is 3.20. The second kappa shape index (κ2) is 11.1. The lowest BCUT2D eigenvalue weighted by molar-refractivity contribution is 0.183. The molecule has 0 unspecified atom stereocenters. The summed E-state index contributed by atoms with van der Waals surface area (Å²) in [6.07, 6.45) is 6.74. The first-order valence-corrected chi connectivity index (χ1v) is 10.5. The number of halogens is 2. The van der Waals surface area contributed by atoms with Crippen LogP contribution < -0.4 is 10.1 Å². The molecule has 8 nitrogen and oxygen atoms in total. The van der Waals surface area contributed by atoms with Gasteiger partial charge in [-0.2, -0.15) is 9.49 Å². The van der Waals surface area contributed by atoms with E-state index in [0.717, 1.165) is 0 Å². The number of ether oxygens (including phenoxy) is 1. The van der Waals surface area contributed by atoms with E-state index in [1.807, 2.05) is 0 Å². The predicted octanol–water partition coefficient (Wildman–Crippen LogP) is 4.68. The summed E-state index contributed by atoms with van der Waals surface area (Å²) in [5.41, 5.74) is 1.99. The molecule has 4 rings (SSSR count). The summed E-state index contributed by atoms with van der Waals surface area (Å²) < 4.78 is 27.8. The lowest BCUT2D eigenvalue weighted by Gasteiger charge is -2.42. The van der Waals surface area contributed by atoms with Gasteiger partial charge in [0.15, 0.2) is 0 Å². The molecule has 1 aliphatic rings. The molecule has 0 atom stereocenters. The maximum Gasteiger partial charge on any atom is 0.233 e. The zero-order valence-electron chi connectivity index (χ0n) is 19.9. The summed E-state index contributed by atoms with van der Waals surface area (Å²) in [6, 6.07) is 4.61. The number of aromatic amines is 1. The van der Waals surface area contributed by atoms with Crippen molar-refractivity contribution in [2.24, 2.45) is 0 Å². The van der Waals surface area contributed by atoms with Crippen molar-refractivity contribution in [3.8, 4) is 34.1 Å². The number of methoxy groups -OCH3 is 1. The average molecular weight is 463 g/mol. The van der Waals surface area contributed by atoms with E-state index in [1.54, 1.807) is 12.1 Å². The number of hydrogen-bond acceptors (Lipinski definition) is 7. The second-order valence-electron chi connectivity index (χ2n) is 8.90. The highest BCUT2D eigenvalue weighted by Crippen LogP contribution is 2.31. The van der Waals surface area contributed by atoms with Gasteiger partial charge in [-0.15, -0.1) is 10.2 Å². The number of nitrogens with zero attached hydrogens (tertiary/aromatic N) is 4. The molecular weight excluding hydrogens is 430 g/mol. The molecule has 180 valence electrons. The molecule has 1 saturated heterocycles. The minimum Gasteiger partial charge on any atom is -0.506 e. The third-order valence-electron chi connectivity index (χ3n) is 5.14. The lowest BCUT2D eigenvalue weighted by Crippen LogP contribution is -2.55. The fourth-order valence-corrected chi connectivity index (χ4v) is 3.84. The summed E-state index contributed by atoms with van der Waals surface area (Å²) >= 11 is 0. The van der Waals surface area contributed by atoms with Crippen LogP contribution in [-0.4, -0.2) is 55.9 Å². The molecule has 0 bridgehead atoms. The van der Waals surface area contributed by atoms with E-state index in [9.17, 15) is 13.9 Å². The highest BCUT2D eigenvalue weighted by molar-refractivity contribution is 5.69. The van der Waals surface area contributed by atoms with Crippen LogP contribution in [0.1, 0.15) is 47.0 Å². The fraction of sp³-hybridized carbons (Fsp3) is 0.478. The van der Waals surface area contributed by atoms with E-state index in [0.29, 0.717) is 35.4 Å². The van der Waals surface area contributed by atoms with E-state index in [-0.39, 0.29) is 17.0 Å². The quantitative estimate of drug-likeness (QED) is 0.518. The first kappa shape index (κ1) is 26.1. The van der Waals surface area contributed by atoms with Gasteiger partial charge in [0.05, 0.1) is 26.0 Å². The Kier molecular flexibility index (Phi) is 8.81. The van der Waals surface area contributed by atoms with Gasteiger partial charge in [-0.05, 0) is 59.1 Å². The highest BCUT2D eigenvalue weighted by atomic mass is 19.1. The van der Waals surface area contributed by atoms with Crippen LogP contribution in [0.25, 0.3) is 22.5 Å². The Balaban J connectivity index is 0.000000270. The van der Waals surface area contributed by atoms with Gasteiger partial charge in [0.2, 0.25) is 11.8 Å². The second-order valence-corrected chi connectivity index (χ2v) is 8.90. The van der Waals surface area contributed by atoms with Gasteiger partial charge in [-0.1, -0.05) is 0 Å². The number of pyridine rings is 1. The molecule has 1 fully saturated rings. The first-order chi connectivity index (χ1) is 15.6.